The van der Waals surface area contributed by atoms with Crippen LogP contribution >= 0.6 is 0 Å². The first kappa shape index (κ1) is 3.78. The second-order valence-electron chi connectivity index (χ2n) is 1.58. The van der Waals surface area contributed by atoms with Crippen LogP contribution in [0.25, 0.3) is 0 Å². The largest absolute Gasteiger partial charge is 0.254 e. The smallest absolute Gasteiger partial charge is 0.0981 e. The summed E-state index contributed by atoms with van der Waals surface area (Å²) >= 11 is 0. The predicted octanol–water partition coefficient (Wildman–Crippen LogP) is 0.726. The molecule has 0 spiro atoms. The highest BCUT2D eigenvalue weighted by Crippen LogP contribution is 2.04. The van der Waals surface area contributed by atoms with Crippen LogP contribution in [0.2, 0.25) is 0 Å². The van der Waals surface area contributed by atoms with Gasteiger partial charge in [-0.2, -0.15) is 0 Å². The van der Waals surface area contributed by atoms with Gasteiger partial charge < -0.3 is 0 Å². The number of fused-ring (bicyclic) bond motifs is 1. The molecule has 0 unspecified atom stereocenters. The van der Waals surface area contributed by atoms with Gasteiger partial charge in [-0.1, -0.05) is 0 Å². The van der Waals surface area contributed by atoms with E-state index in [2.05, 4.69) is 16.1 Å². The molecule has 0 aromatic heterocycles. The summed E-state index contributed by atoms with van der Waals surface area (Å²) in [6.07, 6.45) is 8.11. The van der Waals surface area contributed by atoms with Gasteiger partial charge in [-0.25, -0.2) is 0 Å². The second-order valence-corrected chi connectivity index (χ2v) is 1.58. The number of nitrogens with zero attached hydrogens (tertiary/aromatic N) is 2. The van der Waals surface area contributed by atoms with Crippen molar-refractivity contribution in [3.63, 3.8) is 0 Å². The molecular formula is C6H3N2. The summed E-state index contributed by atoms with van der Waals surface area (Å²) in [6, 6.07) is 0. The van der Waals surface area contributed by atoms with Crippen molar-refractivity contribution in [1.29, 1.82) is 0 Å². The summed E-state index contributed by atoms with van der Waals surface area (Å²) in [6.45, 7) is 0. The maximum absolute atomic E-state index is 3.96. The van der Waals surface area contributed by atoms with Crippen LogP contribution in [0.5, 0.6) is 0 Å². The van der Waals surface area contributed by atoms with Crippen molar-refractivity contribution in [2.24, 2.45) is 9.98 Å². The summed E-state index contributed by atoms with van der Waals surface area (Å²) in [7, 11) is 0. The molecule has 0 atom stereocenters. The minimum absolute atomic E-state index is 0.866. The fourth-order valence-corrected chi connectivity index (χ4v) is 0.706. The minimum Gasteiger partial charge on any atom is -0.254 e. The summed E-state index contributed by atoms with van der Waals surface area (Å²) in [5, 5.41) is 0. The third-order valence-electron chi connectivity index (χ3n) is 1.08. The van der Waals surface area contributed by atoms with Crippen molar-refractivity contribution in [2.45, 2.75) is 0 Å². The summed E-state index contributed by atoms with van der Waals surface area (Å²) < 4.78 is 0. The van der Waals surface area contributed by atoms with Crippen molar-refractivity contribution < 1.29 is 0 Å². The van der Waals surface area contributed by atoms with Crippen LogP contribution in [0.3, 0.4) is 0 Å². The van der Waals surface area contributed by atoms with Gasteiger partial charge in [0, 0.05) is 18.5 Å². The fraction of sp³-hybridized carbons (Fsp3) is 0. The SMILES string of the molecule is [C]1=CN=C2C=CN=C12. The molecule has 1 radical (unpaired) electrons. The van der Waals surface area contributed by atoms with Crippen molar-refractivity contribution in [3.8, 4) is 0 Å². The lowest BCUT2D eigenvalue weighted by Crippen LogP contribution is -1.98. The van der Waals surface area contributed by atoms with E-state index in [1.54, 1.807) is 12.4 Å². The quantitative estimate of drug-likeness (QED) is 0.431. The average Bonchev–Trinajstić information content (AvgIpc) is 2.15. The molecule has 0 bridgehead atoms. The van der Waals surface area contributed by atoms with E-state index >= 15 is 0 Å². The Morgan fingerprint density at radius 1 is 1.38 bits per heavy atom. The highest BCUT2D eigenvalue weighted by atomic mass is 14.8. The summed E-state index contributed by atoms with van der Waals surface area (Å²) in [5.41, 5.74) is 1.80. The van der Waals surface area contributed by atoms with E-state index in [-0.39, 0.29) is 0 Å². The molecule has 0 fully saturated rings. The highest BCUT2D eigenvalue weighted by molar-refractivity contribution is 6.51. The molecule has 2 aliphatic heterocycles. The van der Waals surface area contributed by atoms with Crippen LogP contribution in [-0.2, 0) is 0 Å². The van der Waals surface area contributed by atoms with E-state index in [1.165, 1.54) is 0 Å². The Hall–Kier alpha value is -1.18. The molecular weight excluding hydrogens is 100 g/mol. The van der Waals surface area contributed by atoms with E-state index in [9.17, 15) is 0 Å². The number of aliphatic imine (C=N–C) groups is 2. The van der Waals surface area contributed by atoms with E-state index in [0.717, 1.165) is 11.4 Å². The Balaban J connectivity index is 2.59. The van der Waals surface area contributed by atoms with Crippen LogP contribution in [0.15, 0.2) is 28.5 Å². The van der Waals surface area contributed by atoms with Crippen molar-refractivity contribution in [3.05, 3.63) is 24.6 Å². The molecule has 0 aromatic rings. The third kappa shape index (κ3) is 0.320. The number of rotatable bonds is 0. The van der Waals surface area contributed by atoms with Gasteiger partial charge in [-0.3, -0.25) is 9.98 Å². The molecule has 37 valence electrons. The Morgan fingerprint density at radius 3 is 3.25 bits per heavy atom. The van der Waals surface area contributed by atoms with Gasteiger partial charge in [0.25, 0.3) is 0 Å². The predicted molar refractivity (Wildman–Crippen MR) is 31.8 cm³/mol. The number of hydrogen-bond acceptors (Lipinski definition) is 2. The van der Waals surface area contributed by atoms with Gasteiger partial charge in [-0.05, 0) is 6.08 Å². The lowest BCUT2D eigenvalue weighted by molar-refractivity contribution is 1.58. The Morgan fingerprint density at radius 2 is 2.38 bits per heavy atom. The van der Waals surface area contributed by atoms with E-state index in [4.69, 9.17) is 0 Å². The van der Waals surface area contributed by atoms with Crippen molar-refractivity contribution in [2.75, 3.05) is 0 Å². The van der Waals surface area contributed by atoms with E-state index < -0.39 is 0 Å². The molecule has 0 aliphatic carbocycles. The fourth-order valence-electron chi connectivity index (χ4n) is 0.706. The molecule has 0 amide bonds. The average molecular weight is 103 g/mol. The molecule has 2 heteroatoms. The Kier molecular flexibility index (Phi) is 0.545. The van der Waals surface area contributed by atoms with Crippen LogP contribution in [0.1, 0.15) is 0 Å². The molecule has 0 aromatic carbocycles. The number of allylic oxidation sites excluding steroid dienone is 2. The van der Waals surface area contributed by atoms with Gasteiger partial charge in [0.1, 0.15) is 0 Å². The lowest BCUT2D eigenvalue weighted by Gasteiger charge is -1.79. The topological polar surface area (TPSA) is 24.7 Å². The lowest BCUT2D eigenvalue weighted by atomic mass is 10.3. The molecule has 2 aliphatic rings. The first-order valence-corrected chi connectivity index (χ1v) is 2.37. The molecule has 2 nitrogen and oxygen atoms in total. The van der Waals surface area contributed by atoms with Gasteiger partial charge >= 0.3 is 0 Å². The molecule has 0 saturated heterocycles. The molecule has 0 N–H and O–H groups in total. The summed E-state index contributed by atoms with van der Waals surface area (Å²) in [4.78, 5) is 7.92. The maximum atomic E-state index is 3.96. The van der Waals surface area contributed by atoms with E-state index in [1.807, 2.05) is 6.08 Å². The second kappa shape index (κ2) is 1.15. The number of hydrogen-bond donors (Lipinski definition) is 0. The normalized spacial score (nSPS) is 21.0. The minimum atomic E-state index is 0.866. The zero-order valence-electron chi connectivity index (χ0n) is 4.13. The standard InChI is InChI=1S/C6H3N2/c1-3-7-6-2-4-8-5(1)6/h1,3-4H. The Labute approximate surface area is 47.0 Å². The first-order valence-electron chi connectivity index (χ1n) is 2.37. The van der Waals surface area contributed by atoms with Gasteiger partial charge in [0.2, 0.25) is 0 Å². The van der Waals surface area contributed by atoms with Crippen LogP contribution < -0.4 is 0 Å². The third-order valence-corrected chi connectivity index (χ3v) is 1.08. The van der Waals surface area contributed by atoms with Gasteiger partial charge in [0.05, 0.1) is 11.4 Å². The highest BCUT2D eigenvalue weighted by Gasteiger charge is 2.09. The molecule has 0 saturated carbocycles. The monoisotopic (exact) mass is 103 g/mol. The zero-order chi connectivity index (χ0) is 5.40. The molecule has 2 rings (SSSR count). The van der Waals surface area contributed by atoms with Gasteiger partial charge in [-0.15, -0.1) is 0 Å². The van der Waals surface area contributed by atoms with Crippen molar-refractivity contribution >= 4 is 11.4 Å². The van der Waals surface area contributed by atoms with E-state index in [0.29, 0.717) is 0 Å². The maximum Gasteiger partial charge on any atom is 0.0981 e. The van der Waals surface area contributed by atoms with Crippen LogP contribution in [0, 0.1) is 6.08 Å². The van der Waals surface area contributed by atoms with Crippen LogP contribution in [0.4, 0.5) is 0 Å². The van der Waals surface area contributed by atoms with Gasteiger partial charge in [0.15, 0.2) is 0 Å². The summed E-state index contributed by atoms with van der Waals surface area (Å²) in [5.74, 6) is 0. The Bertz CT molecular complexity index is 205. The first-order chi connectivity index (χ1) is 3.97. The van der Waals surface area contributed by atoms with Crippen molar-refractivity contribution in [1.82, 2.24) is 0 Å². The zero-order valence-corrected chi connectivity index (χ0v) is 4.13. The molecule has 8 heavy (non-hydrogen) atoms. The van der Waals surface area contributed by atoms with Crippen LogP contribution in [-0.4, -0.2) is 11.4 Å². The molecule has 2 heterocycles.